The standard InChI is InChI=1S/C17H17N3O/c1-12-6-7-15(11-19-12)21-17-14(8-9-18)10-13-4-2-3-5-16(13)20-17/h2-7,10-11H,8-9,18H2,1H3. The molecule has 0 aliphatic rings. The molecule has 2 N–H and O–H groups in total. The monoisotopic (exact) mass is 279 g/mol. The molecular formula is C17H17N3O. The highest BCUT2D eigenvalue weighted by atomic mass is 16.5. The molecule has 0 radical (unpaired) electrons. The number of nitrogens with zero attached hydrogens (tertiary/aromatic N) is 2. The van der Waals surface area contributed by atoms with Crippen molar-refractivity contribution >= 4 is 10.9 Å². The van der Waals surface area contributed by atoms with Crippen LogP contribution in [0.15, 0.2) is 48.7 Å². The Hall–Kier alpha value is -2.46. The number of hydrogen-bond acceptors (Lipinski definition) is 4. The molecule has 2 heterocycles. The van der Waals surface area contributed by atoms with Crippen LogP contribution in [0.25, 0.3) is 10.9 Å². The van der Waals surface area contributed by atoms with Crippen LogP contribution < -0.4 is 10.5 Å². The van der Waals surface area contributed by atoms with Gasteiger partial charge in [0.15, 0.2) is 0 Å². The van der Waals surface area contributed by atoms with Gasteiger partial charge in [-0.15, -0.1) is 0 Å². The maximum absolute atomic E-state index is 5.90. The van der Waals surface area contributed by atoms with Crippen molar-refractivity contribution in [2.24, 2.45) is 5.73 Å². The molecule has 0 saturated carbocycles. The van der Waals surface area contributed by atoms with Gasteiger partial charge in [-0.05, 0) is 44.2 Å². The SMILES string of the molecule is Cc1ccc(Oc2nc3ccccc3cc2CCN)cn1. The van der Waals surface area contributed by atoms with Crippen LogP contribution in [0, 0.1) is 6.92 Å². The van der Waals surface area contributed by atoms with Gasteiger partial charge in [0, 0.05) is 16.6 Å². The summed E-state index contributed by atoms with van der Waals surface area (Å²) in [5.41, 5.74) is 8.57. The van der Waals surface area contributed by atoms with Gasteiger partial charge in [-0.3, -0.25) is 4.98 Å². The molecule has 4 nitrogen and oxygen atoms in total. The lowest BCUT2D eigenvalue weighted by Gasteiger charge is -2.11. The van der Waals surface area contributed by atoms with E-state index in [9.17, 15) is 0 Å². The second-order valence-electron chi connectivity index (χ2n) is 4.92. The van der Waals surface area contributed by atoms with Crippen LogP contribution in [-0.4, -0.2) is 16.5 Å². The molecule has 3 rings (SSSR count). The highest BCUT2D eigenvalue weighted by Gasteiger charge is 2.09. The second-order valence-corrected chi connectivity index (χ2v) is 4.92. The number of nitrogens with two attached hydrogens (primary N) is 1. The minimum absolute atomic E-state index is 0.558. The Labute approximate surface area is 123 Å². The largest absolute Gasteiger partial charge is 0.437 e. The van der Waals surface area contributed by atoms with Crippen molar-refractivity contribution in [3.63, 3.8) is 0 Å². The zero-order valence-electron chi connectivity index (χ0n) is 11.9. The minimum atomic E-state index is 0.558. The molecule has 0 aliphatic heterocycles. The van der Waals surface area contributed by atoms with Gasteiger partial charge < -0.3 is 10.5 Å². The van der Waals surface area contributed by atoms with Crippen LogP contribution in [0.4, 0.5) is 0 Å². The van der Waals surface area contributed by atoms with E-state index in [1.165, 1.54) is 0 Å². The average Bonchev–Trinajstić information content (AvgIpc) is 2.50. The number of aromatic nitrogens is 2. The molecule has 0 atom stereocenters. The zero-order chi connectivity index (χ0) is 14.7. The van der Waals surface area contributed by atoms with E-state index in [2.05, 4.69) is 16.0 Å². The average molecular weight is 279 g/mol. The molecule has 3 aromatic rings. The van der Waals surface area contributed by atoms with Gasteiger partial charge in [-0.1, -0.05) is 18.2 Å². The second kappa shape index (κ2) is 5.89. The summed E-state index contributed by atoms with van der Waals surface area (Å²) in [6.45, 7) is 2.50. The van der Waals surface area contributed by atoms with Crippen molar-refractivity contribution in [2.75, 3.05) is 6.54 Å². The van der Waals surface area contributed by atoms with E-state index in [0.29, 0.717) is 18.2 Å². The summed E-state index contributed by atoms with van der Waals surface area (Å²) in [4.78, 5) is 8.84. The van der Waals surface area contributed by atoms with E-state index >= 15 is 0 Å². The molecule has 0 spiro atoms. The van der Waals surface area contributed by atoms with Gasteiger partial charge in [0.05, 0.1) is 11.7 Å². The molecule has 1 aromatic carbocycles. The first-order valence-corrected chi connectivity index (χ1v) is 6.95. The number of hydrogen-bond donors (Lipinski definition) is 1. The van der Waals surface area contributed by atoms with Crippen molar-refractivity contribution in [2.45, 2.75) is 13.3 Å². The third-order valence-electron chi connectivity index (χ3n) is 3.28. The number of aryl methyl sites for hydroxylation is 1. The van der Waals surface area contributed by atoms with Crippen molar-refractivity contribution in [1.29, 1.82) is 0 Å². The van der Waals surface area contributed by atoms with Crippen molar-refractivity contribution in [3.8, 4) is 11.6 Å². The van der Waals surface area contributed by atoms with Gasteiger partial charge in [-0.2, -0.15) is 0 Å². The van der Waals surface area contributed by atoms with E-state index in [4.69, 9.17) is 10.5 Å². The summed E-state index contributed by atoms with van der Waals surface area (Å²) in [7, 11) is 0. The molecule has 0 fully saturated rings. The lowest BCUT2D eigenvalue weighted by Crippen LogP contribution is -2.05. The molecule has 106 valence electrons. The first kappa shape index (κ1) is 13.5. The fourth-order valence-electron chi connectivity index (χ4n) is 2.19. The summed E-state index contributed by atoms with van der Waals surface area (Å²) >= 11 is 0. The number of rotatable bonds is 4. The Balaban J connectivity index is 2.02. The van der Waals surface area contributed by atoms with Gasteiger partial charge in [0.2, 0.25) is 5.88 Å². The predicted octanol–water partition coefficient (Wildman–Crippen LogP) is 3.23. The Kier molecular flexibility index (Phi) is 3.79. The number of fused-ring (bicyclic) bond motifs is 1. The predicted molar refractivity (Wildman–Crippen MR) is 83.5 cm³/mol. The molecule has 21 heavy (non-hydrogen) atoms. The van der Waals surface area contributed by atoms with E-state index < -0.39 is 0 Å². The highest BCUT2D eigenvalue weighted by molar-refractivity contribution is 5.80. The van der Waals surface area contributed by atoms with Crippen LogP contribution in [0.1, 0.15) is 11.3 Å². The maximum Gasteiger partial charge on any atom is 0.223 e. The molecule has 0 aliphatic carbocycles. The molecule has 4 heteroatoms. The lowest BCUT2D eigenvalue weighted by atomic mass is 10.1. The Morgan fingerprint density at radius 1 is 1.14 bits per heavy atom. The quantitative estimate of drug-likeness (QED) is 0.796. The number of benzene rings is 1. The lowest BCUT2D eigenvalue weighted by molar-refractivity contribution is 0.456. The van der Waals surface area contributed by atoms with Crippen LogP contribution in [0.5, 0.6) is 11.6 Å². The Bertz CT molecular complexity index is 754. The van der Waals surface area contributed by atoms with Crippen LogP contribution in [0.2, 0.25) is 0 Å². The van der Waals surface area contributed by atoms with Gasteiger partial charge in [0.25, 0.3) is 0 Å². The van der Waals surface area contributed by atoms with Gasteiger partial charge >= 0.3 is 0 Å². The highest BCUT2D eigenvalue weighted by Crippen LogP contribution is 2.26. The molecule has 0 bridgehead atoms. The molecular weight excluding hydrogens is 262 g/mol. The van der Waals surface area contributed by atoms with E-state index in [1.807, 2.05) is 43.3 Å². The number of para-hydroxylation sites is 1. The summed E-state index contributed by atoms with van der Waals surface area (Å²) in [5.74, 6) is 1.28. The van der Waals surface area contributed by atoms with Crippen molar-refractivity contribution in [3.05, 3.63) is 59.9 Å². The topological polar surface area (TPSA) is 61.0 Å². The fourth-order valence-corrected chi connectivity index (χ4v) is 2.19. The first-order valence-electron chi connectivity index (χ1n) is 6.95. The number of pyridine rings is 2. The summed E-state index contributed by atoms with van der Waals surface area (Å²) in [5, 5.41) is 1.09. The van der Waals surface area contributed by atoms with Gasteiger partial charge in [-0.25, -0.2) is 4.98 Å². The summed E-state index contributed by atoms with van der Waals surface area (Å²) in [6.07, 6.45) is 2.44. The molecule has 0 unspecified atom stereocenters. The van der Waals surface area contributed by atoms with E-state index in [-0.39, 0.29) is 0 Å². The Morgan fingerprint density at radius 2 is 2.00 bits per heavy atom. The van der Waals surface area contributed by atoms with Crippen LogP contribution >= 0.6 is 0 Å². The molecule has 0 saturated heterocycles. The summed E-state index contributed by atoms with van der Waals surface area (Å²) in [6, 6.07) is 13.9. The van der Waals surface area contributed by atoms with Gasteiger partial charge in [0.1, 0.15) is 5.75 Å². The van der Waals surface area contributed by atoms with E-state index in [0.717, 1.165) is 28.6 Å². The number of ether oxygens (including phenoxy) is 1. The van der Waals surface area contributed by atoms with Crippen LogP contribution in [0.3, 0.4) is 0 Å². The third-order valence-corrected chi connectivity index (χ3v) is 3.28. The normalized spacial score (nSPS) is 10.8. The van der Waals surface area contributed by atoms with Crippen molar-refractivity contribution in [1.82, 2.24) is 9.97 Å². The molecule has 0 amide bonds. The maximum atomic E-state index is 5.90. The summed E-state index contributed by atoms with van der Waals surface area (Å²) < 4.78 is 5.90. The van der Waals surface area contributed by atoms with Crippen molar-refractivity contribution < 1.29 is 4.74 Å². The fraction of sp³-hybridized carbons (Fsp3) is 0.176. The van der Waals surface area contributed by atoms with Crippen LogP contribution in [-0.2, 0) is 6.42 Å². The minimum Gasteiger partial charge on any atom is -0.437 e. The zero-order valence-corrected chi connectivity index (χ0v) is 11.9. The Morgan fingerprint density at radius 3 is 2.76 bits per heavy atom. The third kappa shape index (κ3) is 3.01. The molecule has 2 aromatic heterocycles. The first-order chi connectivity index (χ1) is 10.3. The smallest absolute Gasteiger partial charge is 0.223 e. The van der Waals surface area contributed by atoms with E-state index in [1.54, 1.807) is 6.20 Å².